The van der Waals surface area contributed by atoms with Crippen LogP contribution in [0.1, 0.15) is 42.5 Å². The average molecular weight is 423 g/mol. The maximum atomic E-state index is 12.8. The second-order valence-corrected chi connectivity index (χ2v) is 8.08. The molecule has 0 atom stereocenters. The Balaban J connectivity index is 1.40. The summed E-state index contributed by atoms with van der Waals surface area (Å²) in [5, 5.41) is 4.08. The number of fused-ring (bicyclic) bond motifs is 1. The topological polar surface area (TPSA) is 80.5 Å². The summed E-state index contributed by atoms with van der Waals surface area (Å²) in [6.45, 7) is 10.5. The molecule has 1 aliphatic rings. The van der Waals surface area contributed by atoms with E-state index in [4.69, 9.17) is 14.1 Å². The fourth-order valence-electron chi connectivity index (χ4n) is 4.19. The third-order valence-electron chi connectivity index (χ3n) is 6.01. The van der Waals surface area contributed by atoms with Crippen molar-refractivity contribution in [3.05, 3.63) is 47.0 Å². The van der Waals surface area contributed by atoms with Crippen LogP contribution >= 0.6 is 0 Å². The highest BCUT2D eigenvalue weighted by molar-refractivity contribution is 5.90. The van der Waals surface area contributed by atoms with Gasteiger partial charge in [-0.25, -0.2) is 4.98 Å². The second-order valence-electron chi connectivity index (χ2n) is 8.08. The predicted octanol–water partition coefficient (Wildman–Crippen LogP) is 4.08. The molecule has 1 amide bonds. The number of rotatable bonds is 6. The number of ether oxygens (including phenoxy) is 1. The van der Waals surface area contributed by atoms with E-state index in [-0.39, 0.29) is 11.8 Å². The lowest BCUT2D eigenvalue weighted by Gasteiger charge is -2.32. The van der Waals surface area contributed by atoms with E-state index in [1.54, 1.807) is 0 Å². The normalized spacial score (nSPS) is 14.8. The first-order valence-corrected chi connectivity index (χ1v) is 11.0. The number of piperidine rings is 1. The van der Waals surface area contributed by atoms with Gasteiger partial charge in [-0.3, -0.25) is 4.79 Å². The predicted molar refractivity (Wildman–Crippen MR) is 120 cm³/mol. The number of aromatic nitrogens is 2. The first-order chi connectivity index (χ1) is 15.0. The molecule has 1 aromatic carbocycles. The number of hydrogen-bond acceptors (Lipinski definition) is 6. The zero-order valence-electron chi connectivity index (χ0n) is 18.7. The van der Waals surface area contributed by atoms with Gasteiger partial charge >= 0.3 is 0 Å². The number of carbonyl (C=O) groups is 1. The van der Waals surface area contributed by atoms with Gasteiger partial charge in [0, 0.05) is 36.7 Å². The van der Waals surface area contributed by atoms with E-state index < -0.39 is 0 Å². The van der Waals surface area contributed by atoms with Gasteiger partial charge in [-0.15, -0.1) is 0 Å². The number of nitrogens with one attached hydrogen (secondary N) is 1. The summed E-state index contributed by atoms with van der Waals surface area (Å²) in [4.78, 5) is 24.2. The molecule has 3 heterocycles. The van der Waals surface area contributed by atoms with E-state index >= 15 is 0 Å². The molecular formula is C24H30N4O3. The Hall–Kier alpha value is -3.09. The molecule has 3 aromatic rings. The molecule has 164 valence electrons. The maximum absolute atomic E-state index is 12.8. The highest BCUT2D eigenvalue weighted by Crippen LogP contribution is 2.33. The first kappa shape index (κ1) is 21.2. The van der Waals surface area contributed by atoms with Crippen LogP contribution in [0.25, 0.3) is 11.1 Å². The third-order valence-corrected chi connectivity index (χ3v) is 6.01. The molecule has 1 N–H and O–H groups in total. The van der Waals surface area contributed by atoms with Crippen LogP contribution < -0.4 is 15.0 Å². The Morgan fingerprint density at radius 1 is 1.19 bits per heavy atom. The SMILES string of the molecule is CCOc1ccccc1CNC(=O)C1CCN(c2nc(C)nc3oc(C)c(C)c23)CC1. The first-order valence-electron chi connectivity index (χ1n) is 11.0. The third kappa shape index (κ3) is 4.36. The van der Waals surface area contributed by atoms with Crippen molar-refractivity contribution in [1.82, 2.24) is 15.3 Å². The summed E-state index contributed by atoms with van der Waals surface area (Å²) < 4.78 is 11.5. The van der Waals surface area contributed by atoms with Crippen molar-refractivity contribution < 1.29 is 13.9 Å². The minimum absolute atomic E-state index is 0.00103. The highest BCUT2D eigenvalue weighted by Gasteiger charge is 2.28. The number of hydrogen-bond donors (Lipinski definition) is 1. The summed E-state index contributed by atoms with van der Waals surface area (Å²) in [6.07, 6.45) is 1.58. The number of aryl methyl sites for hydroxylation is 3. The fraction of sp³-hybridized carbons (Fsp3) is 0.458. The van der Waals surface area contributed by atoms with E-state index in [0.717, 1.165) is 59.8 Å². The molecule has 0 aliphatic carbocycles. The zero-order chi connectivity index (χ0) is 22.0. The van der Waals surface area contributed by atoms with Crippen LogP contribution in [0.2, 0.25) is 0 Å². The fourth-order valence-corrected chi connectivity index (χ4v) is 4.19. The molecule has 1 saturated heterocycles. The lowest BCUT2D eigenvalue weighted by molar-refractivity contribution is -0.125. The Kier molecular flexibility index (Phi) is 6.11. The highest BCUT2D eigenvalue weighted by atomic mass is 16.5. The molecular weight excluding hydrogens is 392 g/mol. The molecule has 7 nitrogen and oxygen atoms in total. The summed E-state index contributed by atoms with van der Waals surface area (Å²) in [7, 11) is 0. The van der Waals surface area contributed by atoms with Crippen molar-refractivity contribution in [2.45, 2.75) is 47.1 Å². The number of benzene rings is 1. The smallest absolute Gasteiger partial charge is 0.231 e. The average Bonchev–Trinajstić information content (AvgIpc) is 3.06. The minimum atomic E-state index is 0.00103. The van der Waals surface area contributed by atoms with E-state index in [0.29, 0.717) is 24.7 Å². The summed E-state index contributed by atoms with van der Waals surface area (Å²) in [5.41, 5.74) is 2.72. The molecule has 1 fully saturated rings. The number of para-hydroxylation sites is 1. The molecule has 4 rings (SSSR count). The van der Waals surface area contributed by atoms with Gasteiger partial charge in [0.25, 0.3) is 0 Å². The number of nitrogens with zero attached hydrogens (tertiary/aromatic N) is 3. The molecule has 0 unspecified atom stereocenters. The second kappa shape index (κ2) is 8.96. The Morgan fingerprint density at radius 2 is 1.94 bits per heavy atom. The zero-order valence-corrected chi connectivity index (χ0v) is 18.7. The Labute approximate surface area is 182 Å². The summed E-state index contributed by atoms with van der Waals surface area (Å²) >= 11 is 0. The molecule has 2 aromatic heterocycles. The lowest BCUT2D eigenvalue weighted by Crippen LogP contribution is -2.40. The Bertz CT molecular complexity index is 1080. The number of carbonyl (C=O) groups excluding carboxylic acids is 1. The molecule has 0 bridgehead atoms. The quantitative estimate of drug-likeness (QED) is 0.645. The summed E-state index contributed by atoms with van der Waals surface area (Å²) in [5.74, 6) is 3.42. The van der Waals surface area contributed by atoms with E-state index in [9.17, 15) is 4.79 Å². The van der Waals surface area contributed by atoms with Gasteiger partial charge in [0.2, 0.25) is 11.6 Å². The van der Waals surface area contributed by atoms with Crippen LogP contribution in [-0.2, 0) is 11.3 Å². The van der Waals surface area contributed by atoms with Gasteiger partial charge in [0.15, 0.2) is 0 Å². The number of furan rings is 1. The molecule has 31 heavy (non-hydrogen) atoms. The standard InChI is InChI=1S/C24H30N4O3/c1-5-30-20-9-7-6-8-19(20)14-25-23(29)18-10-12-28(13-11-18)22-21-15(2)16(3)31-24(21)27-17(4)26-22/h6-9,18H,5,10-14H2,1-4H3,(H,25,29). The van der Waals surface area contributed by atoms with Crippen LogP contribution in [0.15, 0.2) is 28.7 Å². The Morgan fingerprint density at radius 3 is 2.68 bits per heavy atom. The molecule has 0 radical (unpaired) electrons. The van der Waals surface area contributed by atoms with Gasteiger partial charge in [0.05, 0.1) is 12.0 Å². The van der Waals surface area contributed by atoms with Crippen LogP contribution in [0, 0.1) is 26.7 Å². The number of amides is 1. The summed E-state index contributed by atoms with van der Waals surface area (Å²) in [6, 6.07) is 7.84. The van der Waals surface area contributed by atoms with Crippen molar-refractivity contribution in [3.63, 3.8) is 0 Å². The van der Waals surface area contributed by atoms with Crippen molar-refractivity contribution in [2.24, 2.45) is 5.92 Å². The molecule has 0 spiro atoms. The number of anilines is 1. The monoisotopic (exact) mass is 422 g/mol. The van der Waals surface area contributed by atoms with Crippen LogP contribution in [0.3, 0.4) is 0 Å². The van der Waals surface area contributed by atoms with Gasteiger partial charge in [0.1, 0.15) is 23.2 Å². The molecule has 1 aliphatic heterocycles. The molecule has 0 saturated carbocycles. The minimum Gasteiger partial charge on any atom is -0.494 e. The van der Waals surface area contributed by atoms with Gasteiger partial charge < -0.3 is 19.4 Å². The van der Waals surface area contributed by atoms with Crippen molar-refractivity contribution >= 4 is 22.8 Å². The van der Waals surface area contributed by atoms with Crippen molar-refractivity contribution in [2.75, 3.05) is 24.6 Å². The van der Waals surface area contributed by atoms with Gasteiger partial charge in [-0.05, 0) is 46.6 Å². The van der Waals surface area contributed by atoms with Crippen LogP contribution in [0.4, 0.5) is 5.82 Å². The van der Waals surface area contributed by atoms with Crippen LogP contribution in [0.5, 0.6) is 5.75 Å². The molecule has 7 heteroatoms. The van der Waals surface area contributed by atoms with Gasteiger partial charge in [-0.2, -0.15) is 4.98 Å². The maximum Gasteiger partial charge on any atom is 0.231 e. The van der Waals surface area contributed by atoms with Crippen molar-refractivity contribution in [3.8, 4) is 5.75 Å². The largest absolute Gasteiger partial charge is 0.494 e. The van der Waals surface area contributed by atoms with Crippen LogP contribution in [-0.4, -0.2) is 35.6 Å². The van der Waals surface area contributed by atoms with E-state index in [1.807, 2.05) is 52.0 Å². The van der Waals surface area contributed by atoms with Gasteiger partial charge in [-0.1, -0.05) is 18.2 Å². The lowest BCUT2D eigenvalue weighted by atomic mass is 9.95. The van der Waals surface area contributed by atoms with E-state index in [1.165, 1.54) is 0 Å². The van der Waals surface area contributed by atoms with Crippen molar-refractivity contribution in [1.29, 1.82) is 0 Å². The van der Waals surface area contributed by atoms with E-state index in [2.05, 4.69) is 15.2 Å².